The van der Waals surface area contributed by atoms with E-state index in [-0.39, 0.29) is 126 Å². The van der Waals surface area contributed by atoms with E-state index in [0.29, 0.717) is 31.0 Å². The number of pyridine rings is 1. The van der Waals surface area contributed by atoms with E-state index < -0.39 is 80.9 Å². The molecule has 4 fully saturated rings. The van der Waals surface area contributed by atoms with E-state index in [1.54, 1.807) is 70.2 Å². The molecule has 514 valence electrons. The molecule has 2 saturated carbocycles. The van der Waals surface area contributed by atoms with E-state index in [0.717, 1.165) is 48.1 Å². The Balaban J connectivity index is 0.794. The predicted molar refractivity (Wildman–Crippen MR) is 351 cm³/mol. The Bertz CT molecular complexity index is 4010. The van der Waals surface area contributed by atoms with Crippen LogP contribution in [0.15, 0.2) is 83.3 Å². The molecule has 4 atom stereocenters. The number of ether oxygens (including phenoxy) is 5. The quantitative estimate of drug-likeness (QED) is 0.0448. The van der Waals surface area contributed by atoms with Crippen LogP contribution in [0.25, 0.3) is 10.4 Å². The normalized spacial score (nSPS) is 20.4. The summed E-state index contributed by atoms with van der Waals surface area (Å²) in [6.07, 6.45) is 0.242. The molecular weight excluding hydrogens is 1310 g/mol. The number of fused-ring (bicyclic) bond motifs is 1. The number of thiazole rings is 1. The average molecular weight is 1390 g/mol. The summed E-state index contributed by atoms with van der Waals surface area (Å²) in [6, 6.07) is 14.2. The number of piperazine rings is 1. The van der Waals surface area contributed by atoms with Crippen LogP contribution in [0.4, 0.5) is 41.2 Å². The summed E-state index contributed by atoms with van der Waals surface area (Å²) in [5.74, 6) is -1.58. The van der Waals surface area contributed by atoms with E-state index in [1.165, 1.54) is 52.8 Å². The maximum atomic E-state index is 14.8. The lowest BCUT2D eigenvalue weighted by molar-refractivity contribution is -0.287. The van der Waals surface area contributed by atoms with Gasteiger partial charge in [-0.05, 0) is 131 Å². The van der Waals surface area contributed by atoms with Crippen molar-refractivity contribution in [3.63, 3.8) is 0 Å². The second-order valence-electron chi connectivity index (χ2n) is 27.0. The highest BCUT2D eigenvalue weighted by Gasteiger charge is 2.54. The fourth-order valence-electron chi connectivity index (χ4n) is 11.9. The number of nitrogens with zero attached hydrogens (tertiary/aromatic N) is 8. The minimum Gasteiger partial charge on any atom is -0.493 e. The summed E-state index contributed by atoms with van der Waals surface area (Å²) in [7, 11) is -3.84. The van der Waals surface area contributed by atoms with Gasteiger partial charge in [0.15, 0.2) is 27.0 Å². The maximum absolute atomic E-state index is 14.8. The Morgan fingerprint density at radius 3 is 2.24 bits per heavy atom. The van der Waals surface area contributed by atoms with Crippen LogP contribution in [0.1, 0.15) is 115 Å². The van der Waals surface area contributed by atoms with Gasteiger partial charge >= 0.3 is 18.4 Å². The molecule has 24 nitrogen and oxygen atoms in total. The number of para-hydroxylation sites is 1. The van der Waals surface area contributed by atoms with Crippen molar-refractivity contribution in [2.75, 3.05) is 67.7 Å². The predicted octanol–water partition coefficient (Wildman–Crippen LogP) is 9.95. The number of alkyl halides is 3. The summed E-state index contributed by atoms with van der Waals surface area (Å²) in [6.45, 7) is 14.1. The van der Waals surface area contributed by atoms with Gasteiger partial charge in [0, 0.05) is 69.3 Å². The third-order valence-electron chi connectivity index (χ3n) is 17.4. The molecule has 3 aromatic carbocycles. The van der Waals surface area contributed by atoms with E-state index in [4.69, 9.17) is 50.2 Å². The fourth-order valence-corrected chi connectivity index (χ4v) is 13.6. The highest BCUT2D eigenvalue weighted by Crippen LogP contribution is 2.48. The second kappa shape index (κ2) is 27.7. The molecule has 11 rings (SSSR count). The van der Waals surface area contributed by atoms with E-state index in [2.05, 4.69) is 31.2 Å². The molecular formula is C66H78ClF3N12O12S2. The van der Waals surface area contributed by atoms with Crippen LogP contribution < -0.4 is 45.1 Å². The first-order valence-electron chi connectivity index (χ1n) is 31.8. The number of carbonyl (C=O) groups is 4. The van der Waals surface area contributed by atoms with Crippen LogP contribution in [0.3, 0.4) is 0 Å². The van der Waals surface area contributed by atoms with Crippen molar-refractivity contribution in [1.82, 2.24) is 45.4 Å². The van der Waals surface area contributed by atoms with Crippen molar-refractivity contribution in [3.8, 4) is 33.7 Å². The summed E-state index contributed by atoms with van der Waals surface area (Å²) in [5, 5.41) is 23.1. The Kier molecular flexibility index (Phi) is 19.9. The lowest BCUT2D eigenvalue weighted by Crippen LogP contribution is -2.59. The number of nitrogens with one attached hydrogen (secondary N) is 4. The van der Waals surface area contributed by atoms with Gasteiger partial charge in [-0.15, -0.1) is 20.1 Å². The minimum atomic E-state index is -3.97. The second-order valence-corrected chi connectivity index (χ2v) is 30.3. The lowest BCUT2D eigenvalue weighted by Gasteiger charge is -2.35. The van der Waals surface area contributed by atoms with E-state index >= 15 is 0 Å². The first kappa shape index (κ1) is 69.1. The van der Waals surface area contributed by atoms with Crippen LogP contribution in [0, 0.1) is 24.2 Å². The molecule has 2 aliphatic carbocycles. The molecule has 4 amide bonds. The summed E-state index contributed by atoms with van der Waals surface area (Å²) in [4.78, 5) is 83.1. The Labute approximate surface area is 563 Å². The zero-order valence-corrected chi connectivity index (χ0v) is 56.8. The first-order chi connectivity index (χ1) is 45.4. The number of hydrogen-bond acceptors (Lipinski definition) is 21. The topological polar surface area (TPSA) is 291 Å². The average Bonchev–Trinajstić information content (AvgIpc) is 1.69. The fraction of sp³-hybridized carbons (Fsp3) is 0.500. The number of aryl methyl sites for hydroxylation is 1. The van der Waals surface area contributed by atoms with E-state index in [9.17, 15) is 45.9 Å². The van der Waals surface area contributed by atoms with Crippen molar-refractivity contribution in [3.05, 3.63) is 106 Å². The molecule has 5 aliphatic rings. The zero-order valence-electron chi connectivity index (χ0n) is 54.4. The molecule has 2 saturated heterocycles. The number of sulfone groups is 1. The number of amides is 4. The molecule has 96 heavy (non-hydrogen) atoms. The van der Waals surface area contributed by atoms with Gasteiger partial charge in [-0.2, -0.15) is 15.0 Å². The number of anilines is 4. The molecule has 6 aromatic rings. The standard InChI is InChI=1S/C66H78ClF3N12O12S2/c1-37-54(95-36-73-37)40-18-19-41(32-72-56(84)48-30-42(83)33-82(48)57(85)55(63(2,3)4)76-58(86)65(68)22-23-65)50(29-40)90-34-38-14-16-39(17-15-38)35-91-61-78-59(77-60(79-61)80-25-27-81(28-26-80)62(87)94-64(5,6)7)75-47-31-43(96(8,88)89)20-21-46(47)74-51(52-45(67)12-10-24-71-52)44-11-9-13-49-53(44)93-66(69,70)92-49/h9-13,18-21,24,29,31,36,38-39,42,48,51,55,74,83H,14-17,22-23,25-28,30,32-35H2,1-8H3,(H,72,84)(H,76,86)(H,75,77,78,79)/t38-,39-,42-,48+,51+,55-/m1/s1. The summed E-state index contributed by atoms with van der Waals surface area (Å²) < 4.78 is 99.2. The molecule has 0 spiro atoms. The highest BCUT2D eigenvalue weighted by molar-refractivity contribution is 7.90. The number of carbonyl (C=O) groups excluding carboxylic acids is 4. The molecule has 5 N–H and O–H groups in total. The van der Waals surface area contributed by atoms with Gasteiger partial charge in [0.2, 0.25) is 23.7 Å². The molecule has 0 bridgehead atoms. The van der Waals surface area contributed by atoms with Crippen LogP contribution in [0.5, 0.6) is 23.3 Å². The molecule has 3 aromatic heterocycles. The van der Waals surface area contributed by atoms with Gasteiger partial charge in [-0.25, -0.2) is 22.6 Å². The number of aliphatic hydroxyl groups excluding tert-OH is 1. The van der Waals surface area contributed by atoms with Gasteiger partial charge in [0.25, 0.3) is 5.91 Å². The van der Waals surface area contributed by atoms with Crippen molar-refractivity contribution in [2.24, 2.45) is 17.3 Å². The van der Waals surface area contributed by atoms with Crippen LogP contribution >= 0.6 is 22.9 Å². The minimum absolute atomic E-state index is 0.0251. The van der Waals surface area contributed by atoms with E-state index in [1.807, 2.05) is 30.0 Å². The van der Waals surface area contributed by atoms with Crippen molar-refractivity contribution in [2.45, 2.75) is 147 Å². The monoisotopic (exact) mass is 1390 g/mol. The number of hydrogen-bond donors (Lipinski definition) is 5. The highest BCUT2D eigenvalue weighted by atomic mass is 35.5. The van der Waals surface area contributed by atoms with Crippen LogP contribution in [0.2, 0.25) is 5.02 Å². The van der Waals surface area contributed by atoms with Crippen LogP contribution in [-0.4, -0.2) is 160 Å². The summed E-state index contributed by atoms with van der Waals surface area (Å²) >= 11 is 8.25. The number of β-amino-alcohol motifs (C(OH)–C–C–N with tert-alkyl or cyclic N) is 1. The van der Waals surface area contributed by atoms with Crippen LogP contribution in [-0.2, 0) is 35.5 Å². The van der Waals surface area contributed by atoms with Gasteiger partial charge in [-0.3, -0.25) is 19.4 Å². The number of aliphatic hydroxyl groups is 1. The molecule has 6 heterocycles. The van der Waals surface area contributed by atoms with Gasteiger partial charge in [0.05, 0.1) is 68.4 Å². The summed E-state index contributed by atoms with van der Waals surface area (Å²) in [5.41, 5.74) is 1.35. The number of aromatic nitrogens is 5. The SMILES string of the molecule is Cc1ncsc1-c1ccc(CNC(=O)[C@@H]2C[C@@H](O)CN2C(=O)[C@@H](NC(=O)C2(F)CC2)C(C)(C)C)c(OC[C@H]2CC[C@H](COc3nc(Nc4cc(S(C)(=O)=O)ccc4N[C@@H](c4cccc5c4OC(F)(F)O5)c4ncccc4Cl)nc(N4CCN(C(=O)OC(C)(C)C)CC4)n3)CC2)c1. The largest absolute Gasteiger partial charge is 0.586 e. The number of halogens is 4. The molecule has 30 heteroatoms. The molecule has 0 unspecified atom stereocenters. The van der Waals surface area contributed by atoms with Gasteiger partial charge in [-0.1, -0.05) is 56.6 Å². The van der Waals surface area contributed by atoms with Gasteiger partial charge < -0.3 is 64.8 Å². The number of benzene rings is 3. The Morgan fingerprint density at radius 1 is 0.865 bits per heavy atom. The number of rotatable bonds is 21. The third kappa shape index (κ3) is 16.4. The smallest absolute Gasteiger partial charge is 0.493 e. The van der Waals surface area contributed by atoms with Crippen molar-refractivity contribution < 1.29 is 69.6 Å². The Hall–Kier alpha value is -8.28. The lowest BCUT2D eigenvalue weighted by atomic mass is 9.83. The number of likely N-dealkylation sites (tertiary alicyclic amines) is 1. The van der Waals surface area contributed by atoms with Gasteiger partial charge in [0.1, 0.15) is 23.4 Å². The van der Waals surface area contributed by atoms with Crippen molar-refractivity contribution in [1.29, 1.82) is 0 Å². The maximum Gasteiger partial charge on any atom is 0.586 e. The molecule has 0 radical (unpaired) electrons. The zero-order chi connectivity index (χ0) is 68.6. The third-order valence-corrected chi connectivity index (χ3v) is 19.8. The van der Waals surface area contributed by atoms with Crippen molar-refractivity contribution >= 4 is 79.9 Å². The first-order valence-corrected chi connectivity index (χ1v) is 34.9. The Morgan fingerprint density at radius 2 is 1.58 bits per heavy atom. The molecule has 3 aliphatic heterocycles.